The van der Waals surface area contributed by atoms with Crippen molar-refractivity contribution in [1.29, 1.82) is 0 Å². The van der Waals surface area contributed by atoms with E-state index < -0.39 is 0 Å². The molecule has 2 aliphatic rings. The monoisotopic (exact) mass is 334 g/mol. The molecule has 1 saturated heterocycles. The summed E-state index contributed by atoms with van der Waals surface area (Å²) in [6.07, 6.45) is 9.99. The molecule has 1 aliphatic heterocycles. The van der Waals surface area contributed by atoms with Crippen LogP contribution in [0.25, 0.3) is 0 Å². The van der Waals surface area contributed by atoms with Gasteiger partial charge >= 0.3 is 0 Å². The number of aromatic nitrogens is 2. The maximum absolute atomic E-state index is 9.85. The maximum atomic E-state index is 9.85. The van der Waals surface area contributed by atoms with Gasteiger partial charge in [0.1, 0.15) is 0 Å². The van der Waals surface area contributed by atoms with E-state index in [-0.39, 0.29) is 6.10 Å². The molecule has 2 heterocycles. The van der Waals surface area contributed by atoms with E-state index in [1.807, 2.05) is 19.3 Å². The van der Waals surface area contributed by atoms with E-state index in [1.165, 1.54) is 32.1 Å². The van der Waals surface area contributed by atoms with Crippen molar-refractivity contribution in [1.82, 2.24) is 14.9 Å². The summed E-state index contributed by atoms with van der Waals surface area (Å²) in [6, 6.07) is 0.576. The third kappa shape index (κ3) is 4.88. The fourth-order valence-electron chi connectivity index (χ4n) is 3.72. The van der Waals surface area contributed by atoms with Crippen LogP contribution in [-0.4, -0.2) is 65.0 Å². The summed E-state index contributed by atoms with van der Waals surface area (Å²) >= 11 is 0. The minimum atomic E-state index is -0.305. The van der Waals surface area contributed by atoms with E-state index in [4.69, 9.17) is 4.74 Å². The first kappa shape index (κ1) is 17.6. The second-order valence-corrected chi connectivity index (χ2v) is 7.06. The van der Waals surface area contributed by atoms with Crippen molar-refractivity contribution >= 4 is 5.95 Å². The van der Waals surface area contributed by atoms with Crippen LogP contribution in [0, 0.1) is 0 Å². The lowest BCUT2D eigenvalue weighted by atomic mass is 9.93. The first-order valence-corrected chi connectivity index (χ1v) is 9.28. The van der Waals surface area contributed by atoms with Gasteiger partial charge in [-0.2, -0.15) is 0 Å². The van der Waals surface area contributed by atoms with Gasteiger partial charge in [0, 0.05) is 50.2 Å². The van der Waals surface area contributed by atoms with E-state index in [9.17, 15) is 5.11 Å². The minimum absolute atomic E-state index is 0.305. The van der Waals surface area contributed by atoms with Crippen LogP contribution in [0.1, 0.15) is 44.6 Å². The van der Waals surface area contributed by atoms with Gasteiger partial charge in [0.05, 0.1) is 19.3 Å². The van der Waals surface area contributed by atoms with E-state index >= 15 is 0 Å². The second-order valence-electron chi connectivity index (χ2n) is 7.06. The average Bonchev–Trinajstić information content (AvgIpc) is 2.63. The number of morpholine rings is 1. The molecular weight excluding hydrogens is 304 g/mol. The Morgan fingerprint density at radius 3 is 2.50 bits per heavy atom. The second kappa shape index (κ2) is 8.74. The topological polar surface area (TPSA) is 61.7 Å². The van der Waals surface area contributed by atoms with Crippen molar-refractivity contribution in [2.24, 2.45) is 0 Å². The Balaban J connectivity index is 1.62. The van der Waals surface area contributed by atoms with Crippen LogP contribution >= 0.6 is 0 Å². The van der Waals surface area contributed by atoms with Crippen LogP contribution in [0.2, 0.25) is 0 Å². The van der Waals surface area contributed by atoms with Gasteiger partial charge in [0.2, 0.25) is 5.95 Å². The Morgan fingerprint density at radius 1 is 1.21 bits per heavy atom. The number of hydrogen-bond acceptors (Lipinski definition) is 6. The van der Waals surface area contributed by atoms with Crippen LogP contribution < -0.4 is 4.90 Å². The minimum Gasteiger partial charge on any atom is -0.392 e. The molecule has 3 rings (SSSR count). The molecule has 0 radical (unpaired) electrons. The number of aliphatic hydroxyl groups is 1. The highest BCUT2D eigenvalue weighted by molar-refractivity contribution is 5.30. The van der Waals surface area contributed by atoms with Crippen molar-refractivity contribution < 1.29 is 9.84 Å². The highest BCUT2D eigenvalue weighted by Crippen LogP contribution is 2.24. The van der Waals surface area contributed by atoms with E-state index in [0.717, 1.165) is 50.9 Å². The summed E-state index contributed by atoms with van der Waals surface area (Å²) in [5, 5.41) is 9.85. The SMILES string of the molecule is CC(O)CN(Cc1cnc(N2CCOCC2)nc1)C1CCCCC1. The van der Waals surface area contributed by atoms with E-state index in [2.05, 4.69) is 19.8 Å². The number of aliphatic hydroxyl groups excluding tert-OH is 1. The van der Waals surface area contributed by atoms with Gasteiger partial charge in [0.15, 0.2) is 0 Å². The number of nitrogens with zero attached hydrogens (tertiary/aromatic N) is 4. The van der Waals surface area contributed by atoms with Crippen LogP contribution in [0.5, 0.6) is 0 Å². The first-order chi connectivity index (χ1) is 11.7. The van der Waals surface area contributed by atoms with Crippen LogP contribution in [0.3, 0.4) is 0 Å². The van der Waals surface area contributed by atoms with Gasteiger partial charge in [-0.25, -0.2) is 9.97 Å². The zero-order valence-electron chi connectivity index (χ0n) is 14.7. The molecule has 134 valence electrons. The summed E-state index contributed by atoms with van der Waals surface area (Å²) in [4.78, 5) is 13.7. The fourth-order valence-corrected chi connectivity index (χ4v) is 3.72. The van der Waals surface area contributed by atoms with E-state index in [0.29, 0.717) is 6.04 Å². The average molecular weight is 334 g/mol. The molecule has 24 heavy (non-hydrogen) atoms. The maximum Gasteiger partial charge on any atom is 0.225 e. The van der Waals surface area contributed by atoms with Crippen molar-refractivity contribution in [3.63, 3.8) is 0 Å². The number of anilines is 1. The molecule has 1 unspecified atom stereocenters. The van der Waals surface area contributed by atoms with Gasteiger partial charge in [-0.1, -0.05) is 19.3 Å². The van der Waals surface area contributed by atoms with Crippen molar-refractivity contribution in [2.45, 2.75) is 57.7 Å². The standard InChI is InChI=1S/C18H30N4O2/c1-15(23)13-22(17-5-3-2-4-6-17)14-16-11-19-18(20-12-16)21-7-9-24-10-8-21/h11-12,15,17,23H,2-10,13-14H2,1H3. The van der Waals surface area contributed by atoms with Gasteiger partial charge in [0.25, 0.3) is 0 Å². The molecule has 1 aromatic heterocycles. The first-order valence-electron chi connectivity index (χ1n) is 9.28. The predicted octanol–water partition coefficient (Wildman–Crippen LogP) is 1.83. The fraction of sp³-hybridized carbons (Fsp3) is 0.778. The molecule has 1 aromatic rings. The molecule has 1 saturated carbocycles. The molecular formula is C18H30N4O2. The molecule has 6 nitrogen and oxygen atoms in total. The summed E-state index contributed by atoms with van der Waals surface area (Å²) < 4.78 is 5.37. The van der Waals surface area contributed by atoms with Crippen molar-refractivity contribution in [3.8, 4) is 0 Å². The predicted molar refractivity (Wildman–Crippen MR) is 94.0 cm³/mol. The summed E-state index contributed by atoms with van der Waals surface area (Å²) in [5.41, 5.74) is 1.12. The highest BCUT2D eigenvalue weighted by Gasteiger charge is 2.22. The lowest BCUT2D eigenvalue weighted by Gasteiger charge is -2.35. The Bertz CT molecular complexity index is 482. The van der Waals surface area contributed by atoms with Crippen molar-refractivity contribution in [2.75, 3.05) is 37.7 Å². The summed E-state index contributed by atoms with van der Waals surface area (Å²) in [7, 11) is 0. The summed E-state index contributed by atoms with van der Waals surface area (Å²) in [6.45, 7) is 6.61. The third-order valence-corrected chi connectivity index (χ3v) is 4.96. The van der Waals surface area contributed by atoms with E-state index in [1.54, 1.807) is 0 Å². The van der Waals surface area contributed by atoms with Gasteiger partial charge in [-0.15, -0.1) is 0 Å². The van der Waals surface area contributed by atoms with Crippen molar-refractivity contribution in [3.05, 3.63) is 18.0 Å². The third-order valence-electron chi connectivity index (χ3n) is 4.96. The van der Waals surface area contributed by atoms with Crippen LogP contribution in [-0.2, 0) is 11.3 Å². The van der Waals surface area contributed by atoms with Crippen LogP contribution in [0.4, 0.5) is 5.95 Å². The molecule has 0 bridgehead atoms. The molecule has 0 spiro atoms. The lowest BCUT2D eigenvalue weighted by molar-refractivity contribution is 0.0767. The van der Waals surface area contributed by atoms with Crippen LogP contribution in [0.15, 0.2) is 12.4 Å². The Labute approximate surface area is 144 Å². The molecule has 6 heteroatoms. The van der Waals surface area contributed by atoms with Gasteiger partial charge < -0.3 is 14.7 Å². The molecule has 2 fully saturated rings. The molecule has 1 N–H and O–H groups in total. The Kier molecular flexibility index (Phi) is 6.40. The number of hydrogen-bond donors (Lipinski definition) is 1. The quantitative estimate of drug-likeness (QED) is 0.856. The number of ether oxygens (including phenoxy) is 1. The number of rotatable bonds is 6. The Morgan fingerprint density at radius 2 is 1.88 bits per heavy atom. The molecule has 0 aromatic carbocycles. The summed E-state index contributed by atoms with van der Waals surface area (Å²) in [5.74, 6) is 0.793. The molecule has 1 aliphatic carbocycles. The smallest absolute Gasteiger partial charge is 0.225 e. The van der Waals surface area contributed by atoms with Gasteiger partial charge in [-0.05, 0) is 19.8 Å². The molecule has 1 atom stereocenters. The Hall–Kier alpha value is -1.24. The zero-order chi connectivity index (χ0) is 16.8. The van der Waals surface area contributed by atoms with Gasteiger partial charge in [-0.3, -0.25) is 4.90 Å². The largest absolute Gasteiger partial charge is 0.392 e. The highest BCUT2D eigenvalue weighted by atomic mass is 16.5. The lowest BCUT2D eigenvalue weighted by Crippen LogP contribution is -2.40. The normalized spacial score (nSPS) is 21.2. The zero-order valence-corrected chi connectivity index (χ0v) is 14.7. The molecule has 0 amide bonds.